The van der Waals surface area contributed by atoms with Crippen molar-refractivity contribution in [2.45, 2.75) is 19.5 Å². The molecular weight excluding hydrogens is 154 g/mol. The Labute approximate surface area is 65.5 Å². The summed E-state index contributed by atoms with van der Waals surface area (Å²) >= 11 is 0. The SMILES string of the molecule is CC(C)(F)COCOCCF. The maximum atomic E-state index is 12.6. The van der Waals surface area contributed by atoms with E-state index in [9.17, 15) is 8.78 Å². The highest BCUT2D eigenvalue weighted by Gasteiger charge is 2.14. The van der Waals surface area contributed by atoms with Crippen LogP contribution in [0.15, 0.2) is 0 Å². The van der Waals surface area contributed by atoms with Crippen molar-refractivity contribution in [3.8, 4) is 0 Å². The van der Waals surface area contributed by atoms with Gasteiger partial charge in [0.2, 0.25) is 0 Å². The maximum Gasteiger partial charge on any atom is 0.146 e. The van der Waals surface area contributed by atoms with Crippen LogP contribution in [-0.2, 0) is 9.47 Å². The molecule has 0 aliphatic carbocycles. The Balaban J connectivity index is 3.02. The third kappa shape index (κ3) is 9.78. The molecule has 0 unspecified atom stereocenters. The fourth-order valence-corrected chi connectivity index (χ4v) is 0.457. The van der Waals surface area contributed by atoms with Crippen LogP contribution in [0.1, 0.15) is 13.8 Å². The number of halogens is 2. The number of alkyl halides is 2. The van der Waals surface area contributed by atoms with Gasteiger partial charge in [-0.3, -0.25) is 0 Å². The summed E-state index contributed by atoms with van der Waals surface area (Å²) in [6.45, 7) is 2.20. The quantitative estimate of drug-likeness (QED) is 0.444. The molecule has 0 bridgehead atoms. The van der Waals surface area contributed by atoms with Crippen LogP contribution in [0.4, 0.5) is 8.78 Å². The van der Waals surface area contributed by atoms with Crippen LogP contribution in [0, 0.1) is 0 Å². The van der Waals surface area contributed by atoms with Crippen molar-refractivity contribution in [1.82, 2.24) is 0 Å². The predicted octanol–water partition coefficient (Wildman–Crippen LogP) is 1.69. The van der Waals surface area contributed by atoms with Gasteiger partial charge in [-0.1, -0.05) is 0 Å². The minimum Gasteiger partial charge on any atom is -0.353 e. The average molecular weight is 168 g/mol. The molecule has 11 heavy (non-hydrogen) atoms. The van der Waals surface area contributed by atoms with Crippen molar-refractivity contribution in [3.63, 3.8) is 0 Å². The van der Waals surface area contributed by atoms with E-state index in [1.807, 2.05) is 0 Å². The maximum absolute atomic E-state index is 12.6. The van der Waals surface area contributed by atoms with E-state index in [0.717, 1.165) is 0 Å². The Morgan fingerprint density at radius 1 is 1.27 bits per heavy atom. The lowest BCUT2D eigenvalue weighted by Crippen LogP contribution is -2.21. The molecule has 0 N–H and O–H groups in total. The fourth-order valence-electron chi connectivity index (χ4n) is 0.457. The molecule has 0 atom stereocenters. The lowest BCUT2D eigenvalue weighted by molar-refractivity contribution is -0.0838. The summed E-state index contributed by atoms with van der Waals surface area (Å²) in [5.41, 5.74) is -1.35. The van der Waals surface area contributed by atoms with Crippen LogP contribution in [-0.4, -0.2) is 32.4 Å². The normalized spacial score (nSPS) is 12.0. The topological polar surface area (TPSA) is 18.5 Å². The summed E-state index contributed by atoms with van der Waals surface area (Å²) in [4.78, 5) is 0. The number of hydrogen-bond acceptors (Lipinski definition) is 2. The van der Waals surface area contributed by atoms with Gasteiger partial charge >= 0.3 is 0 Å². The summed E-state index contributed by atoms with van der Waals surface area (Å²) in [6, 6.07) is 0. The Morgan fingerprint density at radius 3 is 2.36 bits per heavy atom. The Hall–Kier alpha value is -0.220. The van der Waals surface area contributed by atoms with Gasteiger partial charge in [-0.15, -0.1) is 0 Å². The van der Waals surface area contributed by atoms with Gasteiger partial charge in [0, 0.05) is 0 Å². The van der Waals surface area contributed by atoms with E-state index in [1.54, 1.807) is 0 Å². The standard InChI is InChI=1S/C7H14F2O2/c1-7(2,9)5-11-6-10-4-3-8/h3-6H2,1-2H3. The van der Waals surface area contributed by atoms with Crippen LogP contribution in [0.5, 0.6) is 0 Å². The first kappa shape index (κ1) is 10.8. The highest BCUT2D eigenvalue weighted by molar-refractivity contribution is 4.62. The van der Waals surface area contributed by atoms with Gasteiger partial charge in [-0.05, 0) is 13.8 Å². The lowest BCUT2D eigenvalue weighted by atomic mass is 10.2. The van der Waals surface area contributed by atoms with Gasteiger partial charge in [0.15, 0.2) is 0 Å². The second kappa shape index (κ2) is 5.43. The Kier molecular flexibility index (Phi) is 5.32. The largest absolute Gasteiger partial charge is 0.353 e. The van der Waals surface area contributed by atoms with Gasteiger partial charge in [0.25, 0.3) is 0 Å². The molecule has 0 aromatic carbocycles. The monoisotopic (exact) mass is 168 g/mol. The van der Waals surface area contributed by atoms with Crippen molar-refractivity contribution in [3.05, 3.63) is 0 Å². The van der Waals surface area contributed by atoms with Gasteiger partial charge in [-0.2, -0.15) is 0 Å². The second-order valence-electron chi connectivity index (χ2n) is 2.78. The molecule has 0 saturated heterocycles. The minimum atomic E-state index is -1.35. The molecule has 0 amide bonds. The zero-order valence-electron chi connectivity index (χ0n) is 6.90. The fraction of sp³-hybridized carbons (Fsp3) is 1.00. The smallest absolute Gasteiger partial charge is 0.146 e. The molecule has 0 saturated carbocycles. The number of ether oxygens (including phenoxy) is 2. The Morgan fingerprint density at radius 2 is 1.91 bits per heavy atom. The van der Waals surface area contributed by atoms with Crippen molar-refractivity contribution >= 4 is 0 Å². The van der Waals surface area contributed by atoms with Crippen LogP contribution >= 0.6 is 0 Å². The molecule has 0 rings (SSSR count). The molecular formula is C7H14F2O2. The van der Waals surface area contributed by atoms with Gasteiger partial charge in [0.05, 0.1) is 13.2 Å². The molecule has 0 aromatic rings. The van der Waals surface area contributed by atoms with E-state index >= 15 is 0 Å². The molecule has 0 aromatic heterocycles. The molecule has 68 valence electrons. The molecule has 0 aliphatic rings. The van der Waals surface area contributed by atoms with E-state index in [1.165, 1.54) is 13.8 Å². The first-order valence-corrected chi connectivity index (χ1v) is 3.46. The number of hydrogen-bond donors (Lipinski definition) is 0. The molecule has 0 heterocycles. The minimum absolute atomic E-state index is 0.00666. The highest BCUT2D eigenvalue weighted by atomic mass is 19.1. The first-order valence-electron chi connectivity index (χ1n) is 3.46. The first-order chi connectivity index (χ1) is 5.06. The molecule has 4 heteroatoms. The summed E-state index contributed by atoms with van der Waals surface area (Å²) < 4.78 is 33.4. The Bertz CT molecular complexity index is 90.9. The summed E-state index contributed by atoms with van der Waals surface area (Å²) in [6.07, 6.45) is 0. The van der Waals surface area contributed by atoms with E-state index in [4.69, 9.17) is 4.74 Å². The molecule has 0 radical (unpaired) electrons. The third-order valence-corrected chi connectivity index (χ3v) is 0.833. The van der Waals surface area contributed by atoms with Gasteiger partial charge in [0.1, 0.15) is 19.1 Å². The zero-order chi connectivity index (χ0) is 8.74. The molecule has 0 fully saturated rings. The highest BCUT2D eigenvalue weighted by Crippen LogP contribution is 2.07. The third-order valence-electron chi connectivity index (χ3n) is 0.833. The van der Waals surface area contributed by atoms with Gasteiger partial charge in [-0.25, -0.2) is 8.78 Å². The summed E-state index contributed by atoms with van der Waals surface area (Å²) in [7, 11) is 0. The van der Waals surface area contributed by atoms with Crippen molar-refractivity contribution < 1.29 is 18.3 Å². The van der Waals surface area contributed by atoms with E-state index < -0.39 is 12.3 Å². The summed E-state index contributed by atoms with van der Waals surface area (Å²) in [5.74, 6) is 0. The zero-order valence-corrected chi connectivity index (χ0v) is 6.90. The van der Waals surface area contributed by atoms with Crippen LogP contribution in [0.25, 0.3) is 0 Å². The van der Waals surface area contributed by atoms with E-state index in [0.29, 0.717) is 0 Å². The van der Waals surface area contributed by atoms with E-state index in [2.05, 4.69) is 4.74 Å². The molecule has 0 spiro atoms. The lowest BCUT2D eigenvalue weighted by Gasteiger charge is -2.13. The van der Waals surface area contributed by atoms with Crippen LogP contribution in [0.2, 0.25) is 0 Å². The molecule has 0 aliphatic heterocycles. The van der Waals surface area contributed by atoms with Gasteiger partial charge < -0.3 is 9.47 Å². The van der Waals surface area contributed by atoms with Crippen LogP contribution < -0.4 is 0 Å². The van der Waals surface area contributed by atoms with E-state index in [-0.39, 0.29) is 20.0 Å². The average Bonchev–Trinajstić information content (AvgIpc) is 1.85. The van der Waals surface area contributed by atoms with Crippen molar-refractivity contribution in [1.29, 1.82) is 0 Å². The second-order valence-corrected chi connectivity index (χ2v) is 2.78. The number of rotatable bonds is 6. The molecule has 2 nitrogen and oxygen atoms in total. The van der Waals surface area contributed by atoms with Crippen LogP contribution in [0.3, 0.4) is 0 Å². The van der Waals surface area contributed by atoms with Crippen molar-refractivity contribution in [2.75, 3.05) is 26.7 Å². The predicted molar refractivity (Wildman–Crippen MR) is 37.9 cm³/mol. The van der Waals surface area contributed by atoms with Crippen molar-refractivity contribution in [2.24, 2.45) is 0 Å². The summed E-state index contributed by atoms with van der Waals surface area (Å²) in [5, 5.41) is 0.